The van der Waals surface area contributed by atoms with Gasteiger partial charge in [-0.3, -0.25) is 0 Å². The first-order valence-electron chi connectivity index (χ1n) is 6.09. The molecule has 0 amide bonds. The molecule has 3 heteroatoms. The van der Waals surface area contributed by atoms with E-state index in [2.05, 4.69) is 43.6 Å². The largest absolute Gasteiger partial charge is 0.379 e. The summed E-state index contributed by atoms with van der Waals surface area (Å²) in [4.78, 5) is 1.45. The molecule has 0 aliphatic rings. The van der Waals surface area contributed by atoms with Gasteiger partial charge in [0.15, 0.2) is 0 Å². The number of hydrogen-bond donors (Lipinski definition) is 1. The molecule has 16 heavy (non-hydrogen) atoms. The zero-order valence-corrected chi connectivity index (χ0v) is 11.3. The average molecular weight is 241 g/mol. The standard InChI is InChI=1S/C13H23NOS/c1-4-14-12(7-8-15-11(2)3)10-13-6-5-9-16-13/h5-6,9,11-12,14H,4,7-8,10H2,1-3H3. The monoisotopic (exact) mass is 241 g/mol. The molecule has 1 aromatic rings. The van der Waals surface area contributed by atoms with Crippen LogP contribution in [0.1, 0.15) is 32.1 Å². The maximum atomic E-state index is 5.60. The lowest BCUT2D eigenvalue weighted by atomic mass is 10.1. The normalized spacial score (nSPS) is 13.2. The van der Waals surface area contributed by atoms with Crippen LogP contribution in [-0.2, 0) is 11.2 Å². The molecule has 0 spiro atoms. The maximum absolute atomic E-state index is 5.60. The molecule has 0 radical (unpaired) electrons. The van der Waals surface area contributed by atoms with Gasteiger partial charge in [-0.1, -0.05) is 13.0 Å². The molecular weight excluding hydrogens is 218 g/mol. The van der Waals surface area contributed by atoms with E-state index >= 15 is 0 Å². The molecule has 92 valence electrons. The van der Waals surface area contributed by atoms with Gasteiger partial charge in [0.1, 0.15) is 0 Å². The predicted octanol–water partition coefficient (Wildman–Crippen LogP) is 3.08. The first-order chi connectivity index (χ1) is 7.72. The van der Waals surface area contributed by atoms with Crippen molar-refractivity contribution in [3.8, 4) is 0 Å². The molecule has 1 aromatic heterocycles. The van der Waals surface area contributed by atoms with Crippen molar-refractivity contribution in [1.29, 1.82) is 0 Å². The predicted molar refractivity (Wildman–Crippen MR) is 71.2 cm³/mol. The Morgan fingerprint density at radius 3 is 2.81 bits per heavy atom. The molecule has 0 saturated heterocycles. The van der Waals surface area contributed by atoms with E-state index in [0.29, 0.717) is 12.1 Å². The van der Waals surface area contributed by atoms with Gasteiger partial charge in [0, 0.05) is 17.5 Å². The lowest BCUT2D eigenvalue weighted by Gasteiger charge is -2.18. The molecule has 2 nitrogen and oxygen atoms in total. The van der Waals surface area contributed by atoms with Crippen molar-refractivity contribution in [3.63, 3.8) is 0 Å². The van der Waals surface area contributed by atoms with E-state index in [1.807, 2.05) is 11.3 Å². The van der Waals surface area contributed by atoms with Crippen molar-refractivity contribution < 1.29 is 4.74 Å². The Labute approximate surface area is 103 Å². The van der Waals surface area contributed by atoms with Gasteiger partial charge in [-0.05, 0) is 44.7 Å². The third-order valence-electron chi connectivity index (χ3n) is 2.44. The van der Waals surface area contributed by atoms with Crippen molar-refractivity contribution >= 4 is 11.3 Å². The Morgan fingerprint density at radius 2 is 2.25 bits per heavy atom. The highest BCUT2D eigenvalue weighted by atomic mass is 32.1. The van der Waals surface area contributed by atoms with Gasteiger partial charge in [0.2, 0.25) is 0 Å². The van der Waals surface area contributed by atoms with Crippen LogP contribution in [0.5, 0.6) is 0 Å². The van der Waals surface area contributed by atoms with E-state index in [1.165, 1.54) is 4.88 Å². The summed E-state index contributed by atoms with van der Waals surface area (Å²) in [5.41, 5.74) is 0. The number of likely N-dealkylation sites (N-methyl/N-ethyl adjacent to an activating group) is 1. The summed E-state index contributed by atoms with van der Waals surface area (Å²) in [6.45, 7) is 8.20. The number of hydrogen-bond acceptors (Lipinski definition) is 3. The molecule has 0 aliphatic carbocycles. The number of nitrogens with one attached hydrogen (secondary N) is 1. The molecule has 1 heterocycles. The minimum absolute atomic E-state index is 0.337. The van der Waals surface area contributed by atoms with Crippen LogP contribution < -0.4 is 5.32 Å². The Hall–Kier alpha value is -0.380. The Balaban J connectivity index is 2.29. The smallest absolute Gasteiger partial charge is 0.0518 e. The van der Waals surface area contributed by atoms with Gasteiger partial charge in [0.05, 0.1) is 6.10 Å². The van der Waals surface area contributed by atoms with Crippen molar-refractivity contribution in [3.05, 3.63) is 22.4 Å². The fourth-order valence-electron chi connectivity index (χ4n) is 1.68. The average Bonchev–Trinajstić information content (AvgIpc) is 2.70. The summed E-state index contributed by atoms with van der Waals surface area (Å²) in [5.74, 6) is 0. The molecule has 0 aromatic carbocycles. The summed E-state index contributed by atoms with van der Waals surface area (Å²) in [5, 5.41) is 5.66. The number of rotatable bonds is 8. The summed E-state index contributed by atoms with van der Waals surface area (Å²) in [6, 6.07) is 4.87. The highest BCUT2D eigenvalue weighted by Crippen LogP contribution is 2.12. The Morgan fingerprint density at radius 1 is 1.44 bits per heavy atom. The van der Waals surface area contributed by atoms with Crippen LogP contribution in [0.4, 0.5) is 0 Å². The van der Waals surface area contributed by atoms with Crippen LogP contribution in [-0.4, -0.2) is 25.3 Å². The van der Waals surface area contributed by atoms with E-state index in [9.17, 15) is 0 Å². The van der Waals surface area contributed by atoms with Crippen LogP contribution >= 0.6 is 11.3 Å². The van der Waals surface area contributed by atoms with Crippen LogP contribution in [0.25, 0.3) is 0 Å². The zero-order valence-electron chi connectivity index (χ0n) is 10.5. The molecule has 0 saturated carbocycles. The summed E-state index contributed by atoms with van der Waals surface area (Å²) >= 11 is 1.84. The molecule has 1 unspecified atom stereocenters. The third kappa shape index (κ3) is 5.64. The van der Waals surface area contributed by atoms with Gasteiger partial charge in [-0.2, -0.15) is 0 Å². The lowest BCUT2D eigenvalue weighted by Crippen LogP contribution is -2.32. The number of ether oxygens (including phenoxy) is 1. The maximum Gasteiger partial charge on any atom is 0.0518 e. The summed E-state index contributed by atoms with van der Waals surface area (Å²) in [7, 11) is 0. The molecule has 1 N–H and O–H groups in total. The first kappa shape index (κ1) is 13.7. The van der Waals surface area contributed by atoms with Crippen molar-refractivity contribution in [2.45, 2.75) is 45.8 Å². The molecule has 1 atom stereocenters. The molecule has 0 fully saturated rings. The molecular formula is C13H23NOS. The lowest BCUT2D eigenvalue weighted by molar-refractivity contribution is 0.0717. The molecule has 0 aliphatic heterocycles. The molecule has 1 rings (SSSR count). The van der Waals surface area contributed by atoms with Crippen LogP contribution in [0, 0.1) is 0 Å². The summed E-state index contributed by atoms with van der Waals surface area (Å²) in [6.07, 6.45) is 2.54. The fraction of sp³-hybridized carbons (Fsp3) is 0.692. The van der Waals surface area contributed by atoms with Crippen LogP contribution in [0.15, 0.2) is 17.5 Å². The first-order valence-corrected chi connectivity index (χ1v) is 6.97. The van der Waals surface area contributed by atoms with Gasteiger partial charge >= 0.3 is 0 Å². The fourth-order valence-corrected chi connectivity index (χ4v) is 2.47. The van der Waals surface area contributed by atoms with E-state index in [0.717, 1.165) is 26.0 Å². The second-order valence-electron chi connectivity index (χ2n) is 4.25. The van der Waals surface area contributed by atoms with Gasteiger partial charge in [0.25, 0.3) is 0 Å². The van der Waals surface area contributed by atoms with E-state index in [-0.39, 0.29) is 0 Å². The quantitative estimate of drug-likeness (QED) is 0.755. The Kier molecular flexibility index (Phi) is 6.69. The number of thiophene rings is 1. The highest BCUT2D eigenvalue weighted by Gasteiger charge is 2.09. The van der Waals surface area contributed by atoms with Crippen molar-refractivity contribution in [2.75, 3.05) is 13.2 Å². The van der Waals surface area contributed by atoms with Gasteiger partial charge < -0.3 is 10.1 Å². The minimum Gasteiger partial charge on any atom is -0.379 e. The van der Waals surface area contributed by atoms with Crippen LogP contribution in [0.3, 0.4) is 0 Å². The second kappa shape index (κ2) is 7.82. The summed E-state index contributed by atoms with van der Waals surface area (Å²) < 4.78 is 5.60. The third-order valence-corrected chi connectivity index (χ3v) is 3.34. The van der Waals surface area contributed by atoms with Crippen molar-refractivity contribution in [2.24, 2.45) is 0 Å². The SMILES string of the molecule is CCNC(CCOC(C)C)Cc1cccs1. The van der Waals surface area contributed by atoms with Crippen LogP contribution in [0.2, 0.25) is 0 Å². The topological polar surface area (TPSA) is 21.3 Å². The minimum atomic E-state index is 0.337. The second-order valence-corrected chi connectivity index (χ2v) is 5.28. The van der Waals surface area contributed by atoms with E-state index in [1.54, 1.807) is 0 Å². The van der Waals surface area contributed by atoms with Gasteiger partial charge in [-0.15, -0.1) is 11.3 Å². The Bertz CT molecular complexity index is 259. The highest BCUT2D eigenvalue weighted by molar-refractivity contribution is 7.09. The van der Waals surface area contributed by atoms with E-state index < -0.39 is 0 Å². The molecule has 0 bridgehead atoms. The van der Waals surface area contributed by atoms with Gasteiger partial charge in [-0.25, -0.2) is 0 Å². The zero-order chi connectivity index (χ0) is 11.8. The van der Waals surface area contributed by atoms with Crippen molar-refractivity contribution in [1.82, 2.24) is 5.32 Å². The van der Waals surface area contributed by atoms with E-state index in [4.69, 9.17) is 4.74 Å².